The van der Waals surface area contributed by atoms with Gasteiger partial charge in [0.25, 0.3) is 0 Å². The Morgan fingerprint density at radius 2 is 1.33 bits per heavy atom. The Morgan fingerprint density at radius 1 is 0.810 bits per heavy atom. The van der Waals surface area contributed by atoms with E-state index in [0.717, 1.165) is 5.75 Å². The number of thiophene rings is 1. The van der Waals surface area contributed by atoms with Gasteiger partial charge in [-0.05, 0) is 23.3 Å². The Bertz CT molecular complexity index is 648. The summed E-state index contributed by atoms with van der Waals surface area (Å²) < 4.78 is 5.17. The van der Waals surface area contributed by atoms with Crippen molar-refractivity contribution in [1.82, 2.24) is 0 Å². The fraction of sp³-hybridized carbons (Fsp3) is 0.0588. The summed E-state index contributed by atoms with van der Waals surface area (Å²) in [7, 11) is 1.68. The van der Waals surface area contributed by atoms with Crippen LogP contribution in [0.1, 0.15) is 0 Å². The molecule has 0 amide bonds. The van der Waals surface area contributed by atoms with Gasteiger partial charge < -0.3 is 28.7 Å². The van der Waals surface area contributed by atoms with Gasteiger partial charge in [-0.3, -0.25) is 11.3 Å². The van der Waals surface area contributed by atoms with Gasteiger partial charge in [-0.25, -0.2) is 0 Å². The molecule has 0 aliphatic heterocycles. The topological polar surface area (TPSA) is 9.23 Å². The third-order valence-corrected chi connectivity index (χ3v) is 3.91. The fourth-order valence-corrected chi connectivity index (χ4v) is 2.66. The molecule has 0 radical (unpaired) electrons. The quantitative estimate of drug-likeness (QED) is 0.332. The molecule has 1 aromatic heterocycles. The van der Waals surface area contributed by atoms with Crippen molar-refractivity contribution >= 4 is 11.3 Å². The number of benzene rings is 2. The summed E-state index contributed by atoms with van der Waals surface area (Å²) in [4.78, 5) is 1.25. The Kier molecular flexibility index (Phi) is 7.57. The summed E-state index contributed by atoms with van der Waals surface area (Å²) in [6.07, 6.45) is 0. The minimum Gasteiger partial charge on any atom is -1.00 e. The molecular formula is C17H13IOSZn. The average Bonchev–Trinajstić information content (AvgIpc) is 3.02. The Labute approximate surface area is 159 Å². The van der Waals surface area contributed by atoms with Crippen molar-refractivity contribution in [3.8, 4) is 27.3 Å². The van der Waals surface area contributed by atoms with E-state index in [1.807, 2.05) is 18.2 Å². The summed E-state index contributed by atoms with van der Waals surface area (Å²) in [6, 6.07) is 20.8. The van der Waals surface area contributed by atoms with E-state index in [2.05, 4.69) is 47.8 Å². The molecule has 0 fully saturated rings. The summed E-state index contributed by atoms with van der Waals surface area (Å²) >= 11 is 1.64. The van der Waals surface area contributed by atoms with Crippen LogP contribution in [0.3, 0.4) is 0 Å². The van der Waals surface area contributed by atoms with Gasteiger partial charge in [-0.15, -0.1) is 10.3 Å². The van der Waals surface area contributed by atoms with Gasteiger partial charge in [0, 0.05) is 0 Å². The number of methoxy groups -OCH3 is 1. The average molecular weight is 458 g/mol. The molecule has 0 aliphatic carbocycles. The molecule has 0 aliphatic rings. The van der Waals surface area contributed by atoms with Crippen molar-refractivity contribution in [2.24, 2.45) is 0 Å². The molecule has 4 heteroatoms. The second-order valence-corrected chi connectivity index (χ2v) is 5.10. The molecule has 0 spiro atoms. The number of hydrogen-bond donors (Lipinski definition) is 0. The van der Waals surface area contributed by atoms with Crippen molar-refractivity contribution in [3.63, 3.8) is 0 Å². The predicted molar refractivity (Wildman–Crippen MR) is 80.6 cm³/mol. The normalized spacial score (nSPS) is 9.38. The number of rotatable bonds is 3. The SMILES string of the molecule is COc1ccc(-c2ccc(-c3cc[c-]s3)cc2)cc1.[I-].[Zn+2]. The van der Waals surface area contributed by atoms with Gasteiger partial charge in [0.15, 0.2) is 0 Å². The molecule has 0 unspecified atom stereocenters. The van der Waals surface area contributed by atoms with E-state index in [0.29, 0.717) is 0 Å². The maximum absolute atomic E-state index is 5.17. The Morgan fingerprint density at radius 3 is 1.81 bits per heavy atom. The van der Waals surface area contributed by atoms with Gasteiger partial charge in [-0.2, -0.15) is 12.1 Å². The molecule has 3 aromatic rings. The molecule has 0 saturated heterocycles. The van der Waals surface area contributed by atoms with Gasteiger partial charge in [0.05, 0.1) is 7.11 Å². The maximum Gasteiger partial charge on any atom is 2.00 e. The number of hydrogen-bond acceptors (Lipinski definition) is 2. The molecular weight excluding hydrogens is 445 g/mol. The first-order valence-corrected chi connectivity index (χ1v) is 6.89. The van der Waals surface area contributed by atoms with Crippen molar-refractivity contribution in [2.75, 3.05) is 7.11 Å². The zero-order chi connectivity index (χ0) is 13.1. The van der Waals surface area contributed by atoms with Crippen LogP contribution >= 0.6 is 11.3 Å². The van der Waals surface area contributed by atoms with Crippen LogP contribution in [0.4, 0.5) is 0 Å². The monoisotopic (exact) mass is 456 g/mol. The molecule has 0 atom stereocenters. The summed E-state index contributed by atoms with van der Waals surface area (Å²) in [6.45, 7) is 0. The minimum atomic E-state index is 0. The van der Waals surface area contributed by atoms with Crippen LogP contribution in [0.5, 0.6) is 5.75 Å². The van der Waals surface area contributed by atoms with Crippen LogP contribution in [0, 0.1) is 5.38 Å². The van der Waals surface area contributed by atoms with Crippen molar-refractivity contribution < 1.29 is 48.2 Å². The third-order valence-electron chi connectivity index (χ3n) is 3.06. The summed E-state index contributed by atoms with van der Waals surface area (Å²) in [5.74, 6) is 0.884. The largest absolute Gasteiger partial charge is 2.00 e. The second kappa shape index (κ2) is 8.67. The number of ether oxygens (including phenoxy) is 1. The Hall–Kier alpha value is -0.707. The first kappa shape index (κ1) is 18.3. The molecule has 0 N–H and O–H groups in total. The second-order valence-electron chi connectivity index (χ2n) is 4.22. The Balaban J connectivity index is 0.00000110. The predicted octanol–water partition coefficient (Wildman–Crippen LogP) is 1.89. The van der Waals surface area contributed by atoms with E-state index in [4.69, 9.17) is 4.74 Å². The summed E-state index contributed by atoms with van der Waals surface area (Å²) in [5.41, 5.74) is 3.65. The summed E-state index contributed by atoms with van der Waals surface area (Å²) in [5, 5.41) is 3.11. The molecule has 102 valence electrons. The van der Waals surface area contributed by atoms with Crippen LogP contribution in [-0.4, -0.2) is 7.11 Å². The van der Waals surface area contributed by atoms with Gasteiger partial charge >= 0.3 is 19.5 Å². The van der Waals surface area contributed by atoms with E-state index >= 15 is 0 Å². The first-order valence-electron chi connectivity index (χ1n) is 6.07. The maximum atomic E-state index is 5.17. The van der Waals surface area contributed by atoms with Crippen LogP contribution in [0.25, 0.3) is 21.6 Å². The first-order chi connectivity index (χ1) is 9.36. The standard InChI is InChI=1S/C17H13OS.HI.Zn/c1-18-16-10-8-14(9-11-16)13-4-6-15(7-5-13)17-3-2-12-19-17;;/h2-11H,1H3;1H;/q-1;;+2/p-1. The molecule has 1 heterocycles. The molecule has 0 saturated carbocycles. The smallest absolute Gasteiger partial charge is 1.00 e. The van der Waals surface area contributed by atoms with E-state index in [-0.39, 0.29) is 43.5 Å². The molecule has 0 bridgehead atoms. The van der Waals surface area contributed by atoms with Crippen LogP contribution in [-0.2, 0) is 19.5 Å². The molecule has 21 heavy (non-hydrogen) atoms. The molecule has 3 rings (SSSR count). The minimum absolute atomic E-state index is 0. The van der Waals surface area contributed by atoms with Crippen LogP contribution in [0.15, 0.2) is 60.7 Å². The number of halogens is 1. The van der Waals surface area contributed by atoms with Gasteiger partial charge in [0.1, 0.15) is 5.75 Å². The zero-order valence-electron chi connectivity index (χ0n) is 11.7. The third kappa shape index (κ3) is 4.38. The zero-order valence-corrected chi connectivity index (χ0v) is 17.6. The molecule has 2 aromatic carbocycles. The fourth-order valence-electron chi connectivity index (χ4n) is 2.01. The van der Waals surface area contributed by atoms with Gasteiger partial charge in [0.2, 0.25) is 0 Å². The molecule has 1 nitrogen and oxygen atoms in total. The van der Waals surface area contributed by atoms with Crippen molar-refractivity contribution in [3.05, 3.63) is 66.0 Å². The van der Waals surface area contributed by atoms with E-state index in [1.54, 1.807) is 18.4 Å². The van der Waals surface area contributed by atoms with Gasteiger partial charge in [-0.1, -0.05) is 42.0 Å². The van der Waals surface area contributed by atoms with E-state index in [1.165, 1.54) is 21.6 Å². The van der Waals surface area contributed by atoms with Crippen LogP contribution in [0.2, 0.25) is 0 Å². The van der Waals surface area contributed by atoms with Crippen molar-refractivity contribution in [1.29, 1.82) is 0 Å². The van der Waals surface area contributed by atoms with E-state index < -0.39 is 0 Å². The van der Waals surface area contributed by atoms with Crippen molar-refractivity contribution in [2.45, 2.75) is 0 Å². The van der Waals surface area contributed by atoms with E-state index in [9.17, 15) is 0 Å². The van der Waals surface area contributed by atoms with Crippen LogP contribution < -0.4 is 28.7 Å².